The van der Waals surface area contributed by atoms with Gasteiger partial charge in [-0.1, -0.05) is 42.5 Å². The Bertz CT molecular complexity index is 740. The molecule has 1 unspecified atom stereocenters. The third-order valence-electron chi connectivity index (χ3n) is 4.00. The second kappa shape index (κ2) is 3.68. The van der Waals surface area contributed by atoms with Gasteiger partial charge in [-0.3, -0.25) is 0 Å². The maximum absolute atomic E-state index is 12.5. The van der Waals surface area contributed by atoms with Crippen LogP contribution in [0.15, 0.2) is 59.5 Å². The van der Waals surface area contributed by atoms with E-state index in [9.17, 15) is 8.42 Å². The van der Waals surface area contributed by atoms with E-state index in [0.717, 1.165) is 6.42 Å². The number of nitrogens with zero attached hydrogens (tertiary/aromatic N) is 1. The molecule has 0 aromatic heterocycles. The van der Waals surface area contributed by atoms with Gasteiger partial charge in [0.25, 0.3) is 0 Å². The molecule has 1 aliphatic heterocycles. The predicted molar refractivity (Wildman–Crippen MR) is 72.1 cm³/mol. The Morgan fingerprint density at radius 2 is 1.63 bits per heavy atom. The van der Waals surface area contributed by atoms with E-state index in [1.54, 1.807) is 28.6 Å². The summed E-state index contributed by atoms with van der Waals surface area (Å²) in [6.07, 6.45) is 0.840. The highest BCUT2D eigenvalue weighted by molar-refractivity contribution is 7.89. The topological polar surface area (TPSA) is 37.1 Å². The number of rotatable bonds is 2. The van der Waals surface area contributed by atoms with Gasteiger partial charge in [-0.15, -0.1) is 0 Å². The molecule has 0 spiro atoms. The molecule has 3 nitrogen and oxygen atoms in total. The van der Waals surface area contributed by atoms with Crippen LogP contribution < -0.4 is 0 Å². The molecule has 3 atom stereocenters. The van der Waals surface area contributed by atoms with Crippen LogP contribution >= 0.6 is 0 Å². The molecule has 1 aliphatic carbocycles. The van der Waals surface area contributed by atoms with Gasteiger partial charge in [-0.25, -0.2) is 8.42 Å². The summed E-state index contributed by atoms with van der Waals surface area (Å²) in [5.41, 5.74) is 2.46. The zero-order valence-corrected chi connectivity index (χ0v) is 11.0. The molecule has 2 aromatic carbocycles. The molecule has 1 saturated heterocycles. The zero-order chi connectivity index (χ0) is 13.0. The molecule has 0 bridgehead atoms. The lowest BCUT2D eigenvalue weighted by molar-refractivity contribution is 0.541. The summed E-state index contributed by atoms with van der Waals surface area (Å²) >= 11 is 0. The van der Waals surface area contributed by atoms with Gasteiger partial charge in [0.05, 0.1) is 17.0 Å². The van der Waals surface area contributed by atoms with Gasteiger partial charge in [0.1, 0.15) is 0 Å². The second-order valence-corrected chi connectivity index (χ2v) is 6.91. The summed E-state index contributed by atoms with van der Waals surface area (Å²) in [5.74, 6) is 0. The molecule has 0 saturated carbocycles. The van der Waals surface area contributed by atoms with Crippen molar-refractivity contribution in [2.75, 3.05) is 0 Å². The molecule has 0 radical (unpaired) electrons. The van der Waals surface area contributed by atoms with E-state index in [-0.39, 0.29) is 12.1 Å². The lowest BCUT2D eigenvalue weighted by Crippen LogP contribution is -2.17. The minimum Gasteiger partial charge on any atom is -0.207 e. The summed E-state index contributed by atoms with van der Waals surface area (Å²) in [6, 6.07) is 17.0. The third-order valence-corrected chi connectivity index (χ3v) is 5.92. The Hall–Kier alpha value is -1.65. The molecule has 2 aliphatic rings. The van der Waals surface area contributed by atoms with Crippen molar-refractivity contribution in [1.82, 2.24) is 4.31 Å². The summed E-state index contributed by atoms with van der Waals surface area (Å²) in [6.45, 7) is 0. The van der Waals surface area contributed by atoms with Gasteiger partial charge < -0.3 is 0 Å². The van der Waals surface area contributed by atoms with E-state index in [4.69, 9.17) is 0 Å². The van der Waals surface area contributed by atoms with Gasteiger partial charge in [0.15, 0.2) is 0 Å². The highest BCUT2D eigenvalue weighted by Gasteiger charge is 2.59. The first-order chi connectivity index (χ1) is 9.19. The minimum absolute atomic E-state index is 0.0569. The van der Waals surface area contributed by atoms with Crippen molar-refractivity contribution in [3.8, 4) is 0 Å². The molecule has 96 valence electrons. The summed E-state index contributed by atoms with van der Waals surface area (Å²) in [7, 11) is -3.33. The molecule has 1 heterocycles. The summed E-state index contributed by atoms with van der Waals surface area (Å²) in [5, 5.41) is 0. The van der Waals surface area contributed by atoms with Gasteiger partial charge in [-0.05, 0) is 29.7 Å². The van der Waals surface area contributed by atoms with Crippen LogP contribution in [0.1, 0.15) is 17.2 Å². The fourth-order valence-electron chi connectivity index (χ4n) is 3.08. The SMILES string of the molecule is O=S(=O)(c1ccccc1)N1[C@@H]2c3ccccc3C[C@@H]21. The van der Waals surface area contributed by atoms with Crippen molar-refractivity contribution in [1.29, 1.82) is 0 Å². The number of hydrogen-bond acceptors (Lipinski definition) is 2. The molecule has 2 aromatic rings. The van der Waals surface area contributed by atoms with E-state index in [0.29, 0.717) is 4.90 Å². The van der Waals surface area contributed by atoms with Crippen LogP contribution in [-0.2, 0) is 16.4 Å². The molecular weight excluding hydrogens is 258 g/mol. The number of fused-ring (bicyclic) bond motifs is 3. The lowest BCUT2D eigenvalue weighted by Gasteiger charge is -2.11. The molecule has 1 fully saturated rings. The fraction of sp³-hybridized carbons (Fsp3) is 0.200. The minimum atomic E-state index is -3.33. The van der Waals surface area contributed by atoms with E-state index in [2.05, 4.69) is 6.07 Å². The molecule has 19 heavy (non-hydrogen) atoms. The van der Waals surface area contributed by atoms with Crippen molar-refractivity contribution >= 4 is 10.0 Å². The van der Waals surface area contributed by atoms with E-state index >= 15 is 0 Å². The average molecular weight is 271 g/mol. The zero-order valence-electron chi connectivity index (χ0n) is 10.2. The Morgan fingerprint density at radius 1 is 0.947 bits per heavy atom. The normalized spacial score (nSPS) is 27.7. The molecular formula is C15H13NO2S. The maximum Gasteiger partial charge on any atom is 0.244 e. The molecule has 0 amide bonds. The molecule has 4 heteroatoms. The van der Waals surface area contributed by atoms with Gasteiger partial charge in [-0.2, -0.15) is 4.31 Å². The highest BCUT2D eigenvalue weighted by atomic mass is 32.2. The van der Waals surface area contributed by atoms with Crippen LogP contribution in [-0.4, -0.2) is 18.8 Å². The molecule has 0 N–H and O–H groups in total. The largest absolute Gasteiger partial charge is 0.244 e. The van der Waals surface area contributed by atoms with Crippen LogP contribution in [0.4, 0.5) is 0 Å². The van der Waals surface area contributed by atoms with E-state index < -0.39 is 10.0 Å². The van der Waals surface area contributed by atoms with Crippen molar-refractivity contribution in [2.45, 2.75) is 23.4 Å². The Labute approximate surface area is 112 Å². The highest BCUT2D eigenvalue weighted by Crippen LogP contribution is 2.54. The second-order valence-electron chi connectivity index (χ2n) is 5.06. The Balaban J connectivity index is 1.72. The van der Waals surface area contributed by atoms with Crippen LogP contribution in [0.2, 0.25) is 0 Å². The van der Waals surface area contributed by atoms with Crippen molar-refractivity contribution in [3.63, 3.8) is 0 Å². The first-order valence-corrected chi connectivity index (χ1v) is 7.80. The fourth-order valence-corrected chi connectivity index (χ4v) is 4.87. The summed E-state index contributed by atoms with van der Waals surface area (Å²) in [4.78, 5) is 0.391. The third kappa shape index (κ3) is 1.50. The van der Waals surface area contributed by atoms with Crippen molar-refractivity contribution in [2.24, 2.45) is 0 Å². The molecule has 4 rings (SSSR count). The average Bonchev–Trinajstić information content (AvgIpc) is 3.05. The Morgan fingerprint density at radius 3 is 2.42 bits per heavy atom. The first-order valence-electron chi connectivity index (χ1n) is 6.36. The standard InChI is InChI=1S/C15H13NO2S/c17-19(18,12-7-2-1-3-8-12)16-14-10-11-6-4-5-9-13(11)15(14)16/h1-9,14-15H,10H2/t14-,15+,16?/m0/s1. The van der Waals surface area contributed by atoms with Crippen LogP contribution in [0.25, 0.3) is 0 Å². The Kier molecular flexibility index (Phi) is 2.17. The number of hydrogen-bond donors (Lipinski definition) is 0. The van der Waals surface area contributed by atoms with Crippen molar-refractivity contribution < 1.29 is 8.42 Å². The van der Waals surface area contributed by atoms with Gasteiger partial charge in [0.2, 0.25) is 10.0 Å². The first kappa shape index (κ1) is 11.2. The smallest absolute Gasteiger partial charge is 0.207 e. The predicted octanol–water partition coefficient (Wildman–Crippen LogP) is 2.36. The quantitative estimate of drug-likeness (QED) is 0.786. The van der Waals surface area contributed by atoms with Crippen LogP contribution in [0.5, 0.6) is 0 Å². The van der Waals surface area contributed by atoms with Gasteiger partial charge >= 0.3 is 0 Å². The number of sulfonamides is 1. The lowest BCUT2D eigenvalue weighted by atomic mass is 10.1. The van der Waals surface area contributed by atoms with E-state index in [1.165, 1.54) is 11.1 Å². The monoisotopic (exact) mass is 271 g/mol. The summed E-state index contributed by atoms with van der Waals surface area (Å²) < 4.78 is 26.7. The maximum atomic E-state index is 12.5. The van der Waals surface area contributed by atoms with Gasteiger partial charge in [0, 0.05) is 0 Å². The van der Waals surface area contributed by atoms with Crippen LogP contribution in [0, 0.1) is 0 Å². The van der Waals surface area contributed by atoms with Crippen molar-refractivity contribution in [3.05, 3.63) is 65.7 Å². The number of benzene rings is 2. The van der Waals surface area contributed by atoms with E-state index in [1.807, 2.05) is 24.3 Å². The van der Waals surface area contributed by atoms with Crippen LogP contribution in [0.3, 0.4) is 0 Å².